The minimum absolute atomic E-state index is 0.0162. The fourth-order valence-electron chi connectivity index (χ4n) is 6.48. The van der Waals surface area contributed by atoms with Gasteiger partial charge in [-0.2, -0.15) is 4.98 Å². The number of thioether (sulfide) groups is 1. The van der Waals surface area contributed by atoms with Crippen molar-refractivity contribution < 1.29 is 71.1 Å². The number of carbonyl (C=O) groups is 3. The Morgan fingerprint density at radius 2 is 1.78 bits per heavy atom. The highest BCUT2D eigenvalue weighted by Crippen LogP contribution is 2.50. The highest BCUT2D eigenvalue weighted by Gasteiger charge is 2.50. The number of anilines is 2. The third-order valence-corrected chi connectivity index (χ3v) is 11.9. The van der Waals surface area contributed by atoms with Crippen LogP contribution in [0.25, 0.3) is 11.2 Å². The highest BCUT2D eigenvalue weighted by molar-refractivity contribution is 8.12. The molecule has 25 nitrogen and oxygen atoms in total. The molecular weight excluding hydrogens is 896 g/mol. The Bertz CT molecular complexity index is 2440. The number of aliphatic hydroxyl groups excluding tert-OH is 1. The summed E-state index contributed by atoms with van der Waals surface area (Å²) < 4.78 is 60.0. The average molecular weight is 940 g/mol. The van der Waals surface area contributed by atoms with E-state index in [1.807, 2.05) is 18.2 Å². The Morgan fingerprint density at radius 3 is 2.49 bits per heavy atom. The number of benzene rings is 1. The molecule has 5 heterocycles. The van der Waals surface area contributed by atoms with E-state index in [4.69, 9.17) is 34.7 Å². The van der Waals surface area contributed by atoms with Crippen LogP contribution in [0.5, 0.6) is 0 Å². The number of fused-ring (bicyclic) bond motifs is 1. The van der Waals surface area contributed by atoms with E-state index < -0.39 is 107 Å². The molecule has 2 aliphatic heterocycles. The van der Waals surface area contributed by atoms with E-state index in [1.165, 1.54) is 29.2 Å². The van der Waals surface area contributed by atoms with Crippen molar-refractivity contribution in [2.75, 3.05) is 24.7 Å². The van der Waals surface area contributed by atoms with Gasteiger partial charge in [0.2, 0.25) is 5.91 Å². The van der Waals surface area contributed by atoms with Gasteiger partial charge in [0, 0.05) is 31.2 Å². The van der Waals surface area contributed by atoms with Gasteiger partial charge in [0.15, 0.2) is 28.9 Å². The Morgan fingerprint density at radius 1 is 1.03 bits per heavy atom. The molecule has 0 saturated carbocycles. The molecule has 340 valence electrons. The van der Waals surface area contributed by atoms with Gasteiger partial charge >= 0.3 is 27.3 Å². The van der Waals surface area contributed by atoms with Gasteiger partial charge in [0.25, 0.3) is 0 Å². The van der Waals surface area contributed by atoms with Crippen LogP contribution in [0.3, 0.4) is 0 Å². The molecule has 0 aliphatic carbocycles. The predicted molar refractivity (Wildman–Crippen MR) is 218 cm³/mol. The number of nitrogens with two attached hydrogens (primary N) is 2. The molecule has 6 rings (SSSR count). The van der Waals surface area contributed by atoms with Crippen LogP contribution in [0.15, 0.2) is 72.7 Å². The molecule has 2 aliphatic rings. The van der Waals surface area contributed by atoms with Gasteiger partial charge in [-0.3, -0.25) is 32.3 Å². The summed E-state index contributed by atoms with van der Waals surface area (Å²) in [5.41, 5.74) is 11.7. The normalized spacial score (nSPS) is 23.8. The number of ether oxygens (including phenoxy) is 3. The smallest absolute Gasteiger partial charge is 0.455 e. The molecule has 63 heavy (non-hydrogen) atoms. The van der Waals surface area contributed by atoms with Gasteiger partial charge in [-0.15, -0.1) is 6.58 Å². The summed E-state index contributed by atoms with van der Waals surface area (Å²) in [5.74, 6) is -1.65. The van der Waals surface area contributed by atoms with E-state index in [0.29, 0.717) is 0 Å². The van der Waals surface area contributed by atoms with E-state index in [0.717, 1.165) is 28.2 Å². The number of allylic oxidation sites excluding steroid dienone is 1. The van der Waals surface area contributed by atoms with Crippen LogP contribution in [-0.4, -0.2) is 116 Å². The van der Waals surface area contributed by atoms with Crippen LogP contribution < -0.4 is 22.5 Å². The molecule has 1 amide bonds. The molecule has 0 radical (unpaired) electrons. The summed E-state index contributed by atoms with van der Waals surface area (Å²) in [4.78, 5) is 97.8. The van der Waals surface area contributed by atoms with Gasteiger partial charge in [-0.05, 0) is 18.1 Å². The second-order valence-corrected chi connectivity index (χ2v) is 17.6. The summed E-state index contributed by atoms with van der Waals surface area (Å²) in [7, 11) is -10.4. The van der Waals surface area contributed by atoms with Crippen molar-refractivity contribution in [1.29, 1.82) is 0 Å². The number of esters is 1. The maximum Gasteiger partial charge on any atom is 0.472 e. The molecule has 3 aromatic heterocycles. The van der Waals surface area contributed by atoms with Crippen molar-refractivity contribution in [3.8, 4) is 0 Å². The van der Waals surface area contributed by atoms with Crippen molar-refractivity contribution in [3.05, 3.63) is 84.0 Å². The second-order valence-electron chi connectivity index (χ2n) is 13.9. The molecule has 2 fully saturated rings. The van der Waals surface area contributed by atoms with E-state index >= 15 is 0 Å². The molecule has 1 aromatic carbocycles. The van der Waals surface area contributed by atoms with Crippen LogP contribution in [-0.2, 0) is 57.0 Å². The lowest BCUT2D eigenvalue weighted by atomic mass is 10.1. The monoisotopic (exact) mass is 939 g/mol. The molecule has 0 spiro atoms. The van der Waals surface area contributed by atoms with E-state index in [1.54, 1.807) is 12.1 Å². The first kappa shape index (κ1) is 47.5. The summed E-state index contributed by atoms with van der Waals surface area (Å²) in [6.45, 7) is 1.77. The average Bonchev–Trinajstić information content (AvgIpc) is 3.93. The summed E-state index contributed by atoms with van der Waals surface area (Å²) >= 11 is 0.899. The molecule has 4 aromatic rings. The number of phosphoric acid groups is 2. The lowest BCUT2D eigenvalue weighted by Gasteiger charge is -2.25. The Kier molecular flexibility index (Phi) is 15.6. The Hall–Kier alpha value is -4.95. The zero-order valence-corrected chi connectivity index (χ0v) is 35.5. The standard InChI is InChI=1S/C35H43N9O16P2S/c1-2-3-9-25(45)41-20(12-27(46)63-16-19-7-5-4-6-8-19)34(48)59-30-23(58-33(29(30)47)44-18-40-28-31(37)38-17-39-32(28)44)15-56-62(53,54)60-21-13-26(43-11-10-24(36)42-35(43)49)57-22(21)14-55-61(50,51)52/h2,4-8,10-11,17-18,20-23,26,29-30,33,47H,1,3,9,12-16H2,(H,41,45)(H,53,54)(H2,36,42,49)(H2,37,38,39)(H2,50,51,52)/t20-,21+,22-,23?,26-,29?,30?,33?/m1/s1. The number of aromatic nitrogens is 6. The zero-order chi connectivity index (χ0) is 45.5. The Labute approximate surface area is 361 Å². The number of nitrogens with zero attached hydrogens (tertiary/aromatic N) is 6. The van der Waals surface area contributed by atoms with Crippen molar-refractivity contribution >= 4 is 67.2 Å². The first-order valence-electron chi connectivity index (χ1n) is 18.8. The minimum Gasteiger partial charge on any atom is -0.455 e. The third-order valence-electron chi connectivity index (χ3n) is 9.45. The number of amides is 1. The lowest BCUT2D eigenvalue weighted by molar-refractivity contribution is -0.160. The number of nitrogen functional groups attached to an aromatic ring is 2. The number of hydrogen-bond donors (Lipinski definition) is 7. The molecule has 5 unspecified atom stereocenters. The van der Waals surface area contributed by atoms with E-state index in [2.05, 4.69) is 36.4 Å². The van der Waals surface area contributed by atoms with Gasteiger partial charge < -0.3 is 50.8 Å². The van der Waals surface area contributed by atoms with Crippen LogP contribution in [0.4, 0.5) is 11.6 Å². The fraction of sp³-hybridized carbons (Fsp3) is 0.429. The number of hydrogen-bond acceptors (Lipinski definition) is 20. The van der Waals surface area contributed by atoms with Gasteiger partial charge in [-0.1, -0.05) is 48.2 Å². The van der Waals surface area contributed by atoms with Crippen LogP contribution >= 0.6 is 27.4 Å². The zero-order valence-electron chi connectivity index (χ0n) is 32.9. The van der Waals surface area contributed by atoms with E-state index in [9.17, 15) is 48.1 Å². The lowest BCUT2D eigenvalue weighted by Crippen LogP contribution is -2.47. The van der Waals surface area contributed by atoms with Gasteiger partial charge in [0.05, 0.1) is 19.5 Å². The Balaban J connectivity index is 1.22. The molecular formula is C35H43N9O16P2S. The molecule has 9 N–H and O–H groups in total. The predicted octanol–water partition coefficient (Wildman–Crippen LogP) is 0.618. The molecule has 2 saturated heterocycles. The highest BCUT2D eigenvalue weighted by atomic mass is 32.2. The van der Waals surface area contributed by atoms with Crippen LogP contribution in [0.2, 0.25) is 0 Å². The maximum atomic E-state index is 13.9. The number of carbonyl (C=O) groups excluding carboxylic acids is 3. The first-order valence-corrected chi connectivity index (χ1v) is 22.8. The number of phosphoric ester groups is 2. The van der Waals surface area contributed by atoms with Crippen molar-refractivity contribution in [1.82, 2.24) is 34.4 Å². The number of rotatable bonds is 20. The largest absolute Gasteiger partial charge is 0.472 e. The van der Waals surface area contributed by atoms with Crippen LogP contribution in [0, 0.1) is 0 Å². The maximum absolute atomic E-state index is 13.9. The van der Waals surface area contributed by atoms with Crippen molar-refractivity contribution in [3.63, 3.8) is 0 Å². The van der Waals surface area contributed by atoms with Crippen molar-refractivity contribution in [2.24, 2.45) is 0 Å². The van der Waals surface area contributed by atoms with Crippen molar-refractivity contribution in [2.45, 2.75) is 80.5 Å². The summed E-state index contributed by atoms with van der Waals surface area (Å²) in [6, 6.07) is 8.72. The minimum atomic E-state index is -5.26. The first-order chi connectivity index (χ1) is 29.9. The summed E-state index contributed by atoms with van der Waals surface area (Å²) in [5, 5.41) is 13.7. The SMILES string of the molecule is C=CCCC(=O)N[C@H](CC(=O)SCc1ccccc1)C(=O)OC1C(COP(=O)(O)O[C@H]2C[C@H](n3ccc(N)nc3=O)O[C@@H]2COP(=O)(O)O)OC(n2cnc3c(N)ncnc32)C1O. The number of nitrogens with one attached hydrogen (secondary N) is 1. The second kappa shape index (κ2) is 20.7. The van der Waals surface area contributed by atoms with Gasteiger partial charge in [0.1, 0.15) is 54.3 Å². The fourth-order valence-corrected chi connectivity index (χ4v) is 8.58. The molecule has 9 atom stereocenters. The van der Waals surface area contributed by atoms with Crippen LogP contribution in [0.1, 0.15) is 43.7 Å². The third kappa shape index (κ3) is 12.6. The summed E-state index contributed by atoms with van der Waals surface area (Å²) in [6.07, 6.45) is -6.48. The number of aliphatic hydroxyl groups is 1. The number of imidazole rings is 1. The van der Waals surface area contributed by atoms with Gasteiger partial charge in [-0.25, -0.2) is 33.7 Å². The van der Waals surface area contributed by atoms with E-state index in [-0.39, 0.29) is 47.8 Å². The molecule has 0 bridgehead atoms. The topological polar surface area (TPSA) is 364 Å². The molecule has 28 heteroatoms. The quantitative estimate of drug-likeness (QED) is 0.0363.